The van der Waals surface area contributed by atoms with Crippen LogP contribution in [0.5, 0.6) is 0 Å². The summed E-state index contributed by atoms with van der Waals surface area (Å²) < 4.78 is 31.7. The van der Waals surface area contributed by atoms with E-state index in [0.29, 0.717) is 17.7 Å². The molecule has 2 heterocycles. The number of carboxylic acid groups (broad SMARTS) is 2. The fourth-order valence-corrected chi connectivity index (χ4v) is 3.39. The molecule has 0 aliphatic carbocycles. The Kier molecular flexibility index (Phi) is 7.84. The van der Waals surface area contributed by atoms with E-state index in [0.717, 1.165) is 24.2 Å². The molecule has 2 aromatic rings. The third kappa shape index (κ3) is 6.30. The van der Waals surface area contributed by atoms with Crippen LogP contribution in [-0.4, -0.2) is 50.7 Å². The van der Waals surface area contributed by atoms with Crippen molar-refractivity contribution in [2.24, 2.45) is 0 Å². The zero-order valence-electron chi connectivity index (χ0n) is 18.4. The van der Waals surface area contributed by atoms with E-state index in [4.69, 9.17) is 9.90 Å². The number of pyridine rings is 1. The molecule has 178 valence electrons. The predicted molar refractivity (Wildman–Crippen MR) is 113 cm³/mol. The topological polar surface area (TPSA) is 108 Å². The van der Waals surface area contributed by atoms with Crippen molar-refractivity contribution in [1.29, 1.82) is 0 Å². The molecule has 0 bridgehead atoms. The maximum atomic E-state index is 13.0. The van der Waals surface area contributed by atoms with Crippen LogP contribution < -0.4 is 0 Å². The van der Waals surface area contributed by atoms with Gasteiger partial charge in [-0.15, -0.1) is 0 Å². The molecule has 1 saturated heterocycles. The number of amides is 1. The number of nitrogens with zero attached hydrogens (tertiary/aromatic N) is 2. The molecular weight excluding hydrogens is 441 g/mol. The van der Waals surface area contributed by atoms with Crippen LogP contribution in [0.4, 0.5) is 13.2 Å². The highest BCUT2D eigenvalue weighted by atomic mass is 19.4. The standard InChI is InChI=1S/C21H24N2O3.C2HF3O2/c1-14-6-4-7-17(22-14)18-8-5-13-23(18)19(24)15-9-11-16(12-10-15)21(2,3)20(25)26;3-2(4,5)1(6)7/h4,6-7,9-12,18H,5,8,13H2,1-3H3,(H,25,26);(H,6,7). The molecule has 0 spiro atoms. The van der Waals surface area contributed by atoms with Crippen LogP contribution in [0.3, 0.4) is 0 Å². The van der Waals surface area contributed by atoms with E-state index in [2.05, 4.69) is 4.98 Å². The maximum absolute atomic E-state index is 13.0. The van der Waals surface area contributed by atoms with Crippen LogP contribution in [-0.2, 0) is 15.0 Å². The van der Waals surface area contributed by atoms with Crippen LogP contribution in [0.1, 0.15) is 60.0 Å². The molecule has 1 aromatic carbocycles. The number of rotatable bonds is 4. The average Bonchev–Trinajstić information content (AvgIpc) is 3.23. The summed E-state index contributed by atoms with van der Waals surface area (Å²) in [6.45, 7) is 5.98. The number of halogens is 3. The van der Waals surface area contributed by atoms with Crippen molar-refractivity contribution in [2.45, 2.75) is 51.2 Å². The highest BCUT2D eigenvalue weighted by molar-refractivity contribution is 5.95. The SMILES string of the molecule is Cc1cccc(C2CCCN2C(=O)c2ccc(C(C)(C)C(=O)O)cc2)n1.O=C(O)C(F)(F)F. The first-order valence-corrected chi connectivity index (χ1v) is 10.1. The number of hydrogen-bond acceptors (Lipinski definition) is 4. The van der Waals surface area contributed by atoms with E-state index in [1.807, 2.05) is 30.0 Å². The first-order chi connectivity index (χ1) is 15.2. The molecule has 0 radical (unpaired) electrons. The van der Waals surface area contributed by atoms with Gasteiger partial charge in [0.25, 0.3) is 5.91 Å². The Morgan fingerprint density at radius 3 is 2.06 bits per heavy atom. The molecule has 1 unspecified atom stereocenters. The number of aliphatic carboxylic acids is 2. The van der Waals surface area contributed by atoms with E-state index >= 15 is 0 Å². The van der Waals surface area contributed by atoms with Gasteiger partial charge in [-0.3, -0.25) is 14.6 Å². The van der Waals surface area contributed by atoms with Gasteiger partial charge in [0.1, 0.15) is 0 Å². The van der Waals surface area contributed by atoms with Crippen molar-refractivity contribution in [3.63, 3.8) is 0 Å². The second-order valence-corrected chi connectivity index (χ2v) is 8.17. The van der Waals surface area contributed by atoms with Crippen LogP contribution in [0, 0.1) is 6.92 Å². The van der Waals surface area contributed by atoms with Gasteiger partial charge >= 0.3 is 18.1 Å². The first kappa shape index (κ1) is 25.8. The molecule has 1 aromatic heterocycles. The van der Waals surface area contributed by atoms with Crippen LogP contribution >= 0.6 is 0 Å². The van der Waals surface area contributed by atoms with Gasteiger partial charge in [-0.05, 0) is 63.4 Å². The summed E-state index contributed by atoms with van der Waals surface area (Å²) in [5, 5.41) is 16.5. The lowest BCUT2D eigenvalue weighted by atomic mass is 9.84. The lowest BCUT2D eigenvalue weighted by molar-refractivity contribution is -0.192. The van der Waals surface area contributed by atoms with Crippen molar-refractivity contribution < 1.29 is 37.8 Å². The third-order valence-electron chi connectivity index (χ3n) is 5.40. The number of carbonyl (C=O) groups excluding carboxylic acids is 1. The molecule has 0 saturated carbocycles. The van der Waals surface area contributed by atoms with Gasteiger partial charge < -0.3 is 15.1 Å². The molecule has 1 aliphatic rings. The number of hydrogen-bond donors (Lipinski definition) is 2. The Hall–Kier alpha value is -3.43. The van der Waals surface area contributed by atoms with Crippen molar-refractivity contribution in [1.82, 2.24) is 9.88 Å². The number of benzene rings is 1. The number of carbonyl (C=O) groups is 3. The molecule has 10 heteroatoms. The van der Waals surface area contributed by atoms with E-state index in [1.165, 1.54) is 0 Å². The molecule has 1 amide bonds. The first-order valence-electron chi connectivity index (χ1n) is 10.1. The molecule has 2 N–H and O–H groups in total. The molecule has 3 rings (SSSR count). The Labute approximate surface area is 188 Å². The normalized spacial score (nSPS) is 16.1. The van der Waals surface area contributed by atoms with E-state index in [9.17, 15) is 27.9 Å². The van der Waals surface area contributed by atoms with Crippen molar-refractivity contribution in [2.75, 3.05) is 6.54 Å². The number of aryl methyl sites for hydroxylation is 1. The van der Waals surface area contributed by atoms with Gasteiger partial charge in [0.05, 0.1) is 17.2 Å². The Morgan fingerprint density at radius 1 is 1.00 bits per heavy atom. The molecule has 1 atom stereocenters. The van der Waals surface area contributed by atoms with Gasteiger partial charge in [-0.25, -0.2) is 4.79 Å². The summed E-state index contributed by atoms with van der Waals surface area (Å²) in [7, 11) is 0. The van der Waals surface area contributed by atoms with Gasteiger partial charge in [-0.2, -0.15) is 13.2 Å². The minimum Gasteiger partial charge on any atom is -0.481 e. The van der Waals surface area contributed by atoms with Crippen molar-refractivity contribution in [3.8, 4) is 0 Å². The highest BCUT2D eigenvalue weighted by Crippen LogP contribution is 2.32. The minimum atomic E-state index is -5.08. The summed E-state index contributed by atoms with van der Waals surface area (Å²) in [5.41, 5.74) is 2.15. The lowest BCUT2D eigenvalue weighted by Crippen LogP contribution is -2.31. The Morgan fingerprint density at radius 2 is 1.58 bits per heavy atom. The number of likely N-dealkylation sites (tertiary alicyclic amines) is 1. The highest BCUT2D eigenvalue weighted by Gasteiger charge is 2.38. The molecule has 1 aliphatic heterocycles. The second-order valence-electron chi connectivity index (χ2n) is 8.17. The Balaban J connectivity index is 0.000000479. The molecule has 7 nitrogen and oxygen atoms in total. The number of alkyl halides is 3. The zero-order chi connectivity index (χ0) is 25.0. The minimum absolute atomic E-state index is 0.00228. The van der Waals surface area contributed by atoms with E-state index < -0.39 is 23.5 Å². The average molecular weight is 466 g/mol. The number of aromatic nitrogens is 1. The predicted octanol–water partition coefficient (Wildman–Crippen LogP) is 4.36. The third-order valence-corrected chi connectivity index (χ3v) is 5.40. The van der Waals surface area contributed by atoms with Gasteiger partial charge in [0.15, 0.2) is 0 Å². The summed E-state index contributed by atoms with van der Waals surface area (Å²) in [6, 6.07) is 12.8. The van der Waals surface area contributed by atoms with E-state index in [1.54, 1.807) is 38.1 Å². The molecule has 1 fully saturated rings. The van der Waals surface area contributed by atoms with Crippen LogP contribution in [0.25, 0.3) is 0 Å². The summed E-state index contributed by atoms with van der Waals surface area (Å²) in [6.07, 6.45) is -3.22. The van der Waals surface area contributed by atoms with Crippen LogP contribution in [0.15, 0.2) is 42.5 Å². The van der Waals surface area contributed by atoms with E-state index in [-0.39, 0.29) is 11.9 Å². The summed E-state index contributed by atoms with van der Waals surface area (Å²) in [5.74, 6) is -3.68. The quantitative estimate of drug-likeness (QED) is 0.693. The molecule has 33 heavy (non-hydrogen) atoms. The number of carboxylic acids is 2. The van der Waals surface area contributed by atoms with Crippen molar-refractivity contribution in [3.05, 3.63) is 65.0 Å². The summed E-state index contributed by atoms with van der Waals surface area (Å²) >= 11 is 0. The second kappa shape index (κ2) is 10.0. The van der Waals surface area contributed by atoms with Gasteiger partial charge in [0.2, 0.25) is 0 Å². The monoisotopic (exact) mass is 466 g/mol. The van der Waals surface area contributed by atoms with Crippen LogP contribution in [0.2, 0.25) is 0 Å². The van der Waals surface area contributed by atoms with Crippen molar-refractivity contribution >= 4 is 17.8 Å². The smallest absolute Gasteiger partial charge is 0.481 e. The summed E-state index contributed by atoms with van der Waals surface area (Å²) in [4.78, 5) is 39.7. The van der Waals surface area contributed by atoms with Gasteiger partial charge in [0, 0.05) is 17.8 Å². The fourth-order valence-electron chi connectivity index (χ4n) is 3.39. The van der Waals surface area contributed by atoms with Gasteiger partial charge in [-0.1, -0.05) is 18.2 Å². The fraction of sp³-hybridized carbons (Fsp3) is 0.391. The Bertz CT molecular complexity index is 1020. The lowest BCUT2D eigenvalue weighted by Gasteiger charge is -2.25. The largest absolute Gasteiger partial charge is 0.490 e. The molecular formula is C23H25F3N2O5. The maximum Gasteiger partial charge on any atom is 0.490 e. The zero-order valence-corrected chi connectivity index (χ0v) is 18.4.